The molecule has 0 radical (unpaired) electrons. The van der Waals surface area contributed by atoms with Gasteiger partial charge >= 0.3 is 5.97 Å². The maximum absolute atomic E-state index is 11.9. The Morgan fingerprint density at radius 1 is 1.35 bits per heavy atom. The van der Waals surface area contributed by atoms with Crippen molar-refractivity contribution < 1.29 is 27.8 Å². The number of hydrogen-bond acceptors (Lipinski definition) is 5. The van der Waals surface area contributed by atoms with Crippen LogP contribution < -0.4 is 14.2 Å². The summed E-state index contributed by atoms with van der Waals surface area (Å²) in [6, 6.07) is 1.36. The maximum atomic E-state index is 11.9. The SMILES string of the molecule is CNS(=O)(=O)N1CCC(C2(C)Oc3c(Cl)cc(C(=O)O)c(C)c3O2)CC1. The van der Waals surface area contributed by atoms with Gasteiger partial charge in [0.2, 0.25) is 0 Å². The summed E-state index contributed by atoms with van der Waals surface area (Å²) in [6.07, 6.45) is 1.10. The highest BCUT2D eigenvalue weighted by Gasteiger charge is 2.48. The number of aromatic carboxylic acids is 1. The lowest BCUT2D eigenvalue weighted by molar-refractivity contribution is -0.121. The van der Waals surface area contributed by atoms with Crippen molar-refractivity contribution in [2.75, 3.05) is 20.1 Å². The fourth-order valence-corrected chi connectivity index (χ4v) is 4.67. The number of hydrogen-bond donors (Lipinski definition) is 2. The third kappa shape index (κ3) is 3.13. The lowest BCUT2D eigenvalue weighted by Crippen LogP contribution is -2.51. The number of carboxylic acid groups (broad SMARTS) is 1. The summed E-state index contributed by atoms with van der Waals surface area (Å²) < 4.78 is 39.5. The molecule has 0 spiro atoms. The molecule has 26 heavy (non-hydrogen) atoms. The number of piperidine rings is 1. The number of benzene rings is 1. The number of nitrogens with one attached hydrogen (secondary N) is 1. The Bertz CT molecular complexity index is 851. The Morgan fingerprint density at radius 3 is 2.46 bits per heavy atom. The van der Waals surface area contributed by atoms with Gasteiger partial charge in [-0.3, -0.25) is 0 Å². The largest absolute Gasteiger partial charge is 0.478 e. The van der Waals surface area contributed by atoms with Gasteiger partial charge in [0.05, 0.1) is 10.6 Å². The molecule has 1 aromatic carbocycles. The molecule has 8 nitrogen and oxygen atoms in total. The van der Waals surface area contributed by atoms with Gasteiger partial charge in [-0.2, -0.15) is 12.7 Å². The van der Waals surface area contributed by atoms with Crippen molar-refractivity contribution in [2.24, 2.45) is 5.92 Å². The minimum atomic E-state index is -3.45. The first kappa shape index (κ1) is 19.2. The summed E-state index contributed by atoms with van der Waals surface area (Å²) in [5.41, 5.74) is 0.521. The van der Waals surface area contributed by atoms with Gasteiger partial charge in [0.1, 0.15) is 0 Å². The fourth-order valence-electron chi connectivity index (χ4n) is 3.48. The Balaban J connectivity index is 1.82. The molecule has 0 aromatic heterocycles. The van der Waals surface area contributed by atoms with Crippen LogP contribution in [0.5, 0.6) is 11.5 Å². The highest BCUT2D eigenvalue weighted by Crippen LogP contribution is 2.51. The van der Waals surface area contributed by atoms with E-state index in [0.29, 0.717) is 43.0 Å². The maximum Gasteiger partial charge on any atom is 0.336 e. The van der Waals surface area contributed by atoms with Crippen molar-refractivity contribution in [1.29, 1.82) is 0 Å². The second-order valence-electron chi connectivity index (χ2n) is 6.60. The van der Waals surface area contributed by atoms with Crippen LogP contribution in [0.15, 0.2) is 6.07 Å². The number of nitrogens with zero attached hydrogens (tertiary/aromatic N) is 1. The second-order valence-corrected chi connectivity index (χ2v) is 8.88. The van der Waals surface area contributed by atoms with E-state index in [0.717, 1.165) is 0 Å². The molecule has 2 aliphatic heterocycles. The normalized spacial score (nSPS) is 24.0. The predicted molar refractivity (Wildman–Crippen MR) is 95.1 cm³/mol. The van der Waals surface area contributed by atoms with Crippen molar-refractivity contribution in [1.82, 2.24) is 9.03 Å². The molecule has 1 saturated heterocycles. The van der Waals surface area contributed by atoms with Crippen molar-refractivity contribution in [2.45, 2.75) is 32.5 Å². The van der Waals surface area contributed by atoms with Crippen molar-refractivity contribution in [3.8, 4) is 11.5 Å². The van der Waals surface area contributed by atoms with E-state index in [2.05, 4.69) is 4.72 Å². The van der Waals surface area contributed by atoms with Crippen LogP contribution in [0.3, 0.4) is 0 Å². The summed E-state index contributed by atoms with van der Waals surface area (Å²) in [6.45, 7) is 4.12. The molecule has 1 atom stereocenters. The van der Waals surface area contributed by atoms with E-state index in [4.69, 9.17) is 21.1 Å². The fraction of sp³-hybridized carbons (Fsp3) is 0.562. The summed E-state index contributed by atoms with van der Waals surface area (Å²) in [7, 11) is -2.07. The average Bonchev–Trinajstić information content (AvgIpc) is 2.98. The molecule has 0 saturated carbocycles. The van der Waals surface area contributed by atoms with E-state index in [-0.39, 0.29) is 16.5 Å². The summed E-state index contributed by atoms with van der Waals surface area (Å²) in [5, 5.41) is 9.49. The van der Waals surface area contributed by atoms with Crippen LogP contribution in [-0.2, 0) is 10.2 Å². The van der Waals surface area contributed by atoms with Gasteiger partial charge in [-0.05, 0) is 25.8 Å². The van der Waals surface area contributed by atoms with Crippen LogP contribution >= 0.6 is 11.6 Å². The van der Waals surface area contributed by atoms with E-state index in [1.54, 1.807) is 13.8 Å². The number of fused-ring (bicyclic) bond motifs is 1. The Morgan fingerprint density at radius 2 is 1.92 bits per heavy atom. The monoisotopic (exact) mass is 404 g/mol. The third-order valence-corrected chi connectivity index (χ3v) is 6.91. The van der Waals surface area contributed by atoms with E-state index in [1.807, 2.05) is 0 Å². The average molecular weight is 405 g/mol. The summed E-state index contributed by atoms with van der Waals surface area (Å²) in [4.78, 5) is 11.4. The number of carbonyl (C=O) groups is 1. The molecule has 1 fully saturated rings. The molecule has 0 amide bonds. The molecule has 1 unspecified atom stereocenters. The van der Waals surface area contributed by atoms with E-state index < -0.39 is 22.0 Å². The van der Waals surface area contributed by atoms with Crippen molar-refractivity contribution in [3.05, 3.63) is 22.2 Å². The second kappa shape index (κ2) is 6.56. The molecule has 0 aliphatic carbocycles. The molecule has 2 N–H and O–H groups in total. The number of halogens is 1. The molecular formula is C16H21ClN2O6S. The van der Waals surface area contributed by atoms with Crippen LogP contribution in [0.4, 0.5) is 0 Å². The molecule has 2 aliphatic rings. The van der Waals surface area contributed by atoms with Gasteiger partial charge in [0.25, 0.3) is 16.0 Å². The van der Waals surface area contributed by atoms with Crippen molar-refractivity contribution >= 4 is 27.8 Å². The highest BCUT2D eigenvalue weighted by molar-refractivity contribution is 7.87. The molecule has 144 valence electrons. The minimum Gasteiger partial charge on any atom is -0.478 e. The van der Waals surface area contributed by atoms with Gasteiger partial charge in [0.15, 0.2) is 11.5 Å². The van der Waals surface area contributed by atoms with Gasteiger partial charge < -0.3 is 14.6 Å². The van der Waals surface area contributed by atoms with Gasteiger partial charge in [-0.25, -0.2) is 9.52 Å². The number of ether oxygens (including phenoxy) is 2. The summed E-state index contributed by atoms with van der Waals surface area (Å²) >= 11 is 6.19. The molecule has 1 aromatic rings. The molecular weight excluding hydrogens is 384 g/mol. The smallest absolute Gasteiger partial charge is 0.336 e. The third-order valence-electron chi connectivity index (χ3n) is 5.07. The van der Waals surface area contributed by atoms with Crippen LogP contribution in [-0.4, -0.2) is 49.7 Å². The Kier molecular flexibility index (Phi) is 4.85. The van der Waals surface area contributed by atoms with E-state index in [9.17, 15) is 18.3 Å². The number of rotatable bonds is 4. The van der Waals surface area contributed by atoms with Crippen molar-refractivity contribution in [3.63, 3.8) is 0 Å². The first-order valence-corrected chi connectivity index (χ1v) is 10.0. The van der Waals surface area contributed by atoms with Gasteiger partial charge in [-0.1, -0.05) is 11.6 Å². The predicted octanol–water partition coefficient (Wildman–Crippen LogP) is 2.01. The minimum absolute atomic E-state index is 0.0662. The topological polar surface area (TPSA) is 105 Å². The zero-order valence-electron chi connectivity index (χ0n) is 14.7. The Hall–Kier alpha value is -1.55. The van der Waals surface area contributed by atoms with Crippen LogP contribution in [0, 0.1) is 12.8 Å². The highest BCUT2D eigenvalue weighted by atomic mass is 35.5. The zero-order valence-corrected chi connectivity index (χ0v) is 16.3. The molecule has 2 heterocycles. The first-order valence-electron chi connectivity index (χ1n) is 8.22. The quantitative estimate of drug-likeness (QED) is 0.795. The van der Waals surface area contributed by atoms with Crippen LogP contribution in [0.25, 0.3) is 0 Å². The van der Waals surface area contributed by atoms with Crippen LogP contribution in [0.2, 0.25) is 5.02 Å². The molecule has 0 bridgehead atoms. The zero-order chi connectivity index (χ0) is 19.3. The van der Waals surface area contributed by atoms with E-state index in [1.165, 1.54) is 17.4 Å². The molecule has 3 rings (SSSR count). The first-order chi connectivity index (χ1) is 12.1. The lowest BCUT2D eigenvalue weighted by atomic mass is 9.90. The van der Waals surface area contributed by atoms with Crippen LogP contribution in [0.1, 0.15) is 35.7 Å². The Labute approximate surface area is 157 Å². The standard InChI is InChI=1S/C16H21ClN2O6S/c1-9-11(15(20)21)8-12(17)14-13(9)24-16(2,25-14)10-4-6-19(7-5-10)26(22,23)18-3/h8,10,18H,4-7H2,1-3H3,(H,20,21). The number of carboxylic acids is 1. The lowest BCUT2D eigenvalue weighted by Gasteiger charge is -2.38. The molecule has 10 heteroatoms. The summed E-state index contributed by atoms with van der Waals surface area (Å²) in [5.74, 6) is -1.51. The van der Waals surface area contributed by atoms with E-state index >= 15 is 0 Å². The van der Waals surface area contributed by atoms with Gasteiger partial charge in [0, 0.05) is 38.5 Å². The van der Waals surface area contributed by atoms with Gasteiger partial charge in [-0.15, -0.1) is 0 Å².